The molecule has 8 heteroatoms. The predicted octanol–water partition coefficient (Wildman–Crippen LogP) is 3.42. The lowest BCUT2D eigenvalue weighted by Gasteiger charge is -2.07. The summed E-state index contributed by atoms with van der Waals surface area (Å²) in [6, 6.07) is 1.52. The summed E-state index contributed by atoms with van der Waals surface area (Å²) in [5, 5.41) is 7.48. The van der Waals surface area contributed by atoms with Crippen LogP contribution in [0.3, 0.4) is 0 Å². The molecular formula is C9H7Cl2F3N2O. The van der Waals surface area contributed by atoms with Crippen LogP contribution in [0.4, 0.5) is 13.2 Å². The molecule has 1 aromatic rings. The normalized spacial score (nSPS) is 23.8. The van der Waals surface area contributed by atoms with Gasteiger partial charge in [-0.1, -0.05) is 23.2 Å². The Morgan fingerprint density at radius 2 is 2.06 bits per heavy atom. The molecule has 17 heavy (non-hydrogen) atoms. The van der Waals surface area contributed by atoms with Crippen LogP contribution in [-0.4, -0.2) is 23.2 Å². The van der Waals surface area contributed by atoms with E-state index in [1.165, 1.54) is 6.07 Å². The third-order valence-corrected chi connectivity index (χ3v) is 3.01. The molecule has 2 atom stereocenters. The molecular weight excluding hydrogens is 280 g/mol. The van der Waals surface area contributed by atoms with E-state index in [1.54, 1.807) is 0 Å². The van der Waals surface area contributed by atoms with Crippen molar-refractivity contribution in [2.24, 2.45) is 5.92 Å². The van der Waals surface area contributed by atoms with Gasteiger partial charge in [0.1, 0.15) is 0 Å². The summed E-state index contributed by atoms with van der Waals surface area (Å²) in [5.74, 6) is -0.285. The largest absolute Gasteiger partial charge is 0.522 e. The molecule has 94 valence electrons. The molecule has 0 amide bonds. The van der Waals surface area contributed by atoms with E-state index in [1.807, 2.05) is 0 Å². The van der Waals surface area contributed by atoms with Crippen LogP contribution in [0.15, 0.2) is 6.07 Å². The van der Waals surface area contributed by atoms with Crippen LogP contribution in [0, 0.1) is 5.92 Å². The first-order chi connectivity index (χ1) is 7.87. The minimum absolute atomic E-state index is 0.0853. The average molecular weight is 287 g/mol. The summed E-state index contributed by atoms with van der Waals surface area (Å²) >= 11 is 11.4. The first-order valence-electron chi connectivity index (χ1n) is 4.76. The highest BCUT2D eigenvalue weighted by atomic mass is 35.5. The highest BCUT2D eigenvalue weighted by molar-refractivity contribution is 6.31. The van der Waals surface area contributed by atoms with Crippen molar-refractivity contribution in [1.29, 1.82) is 0 Å². The van der Waals surface area contributed by atoms with Crippen molar-refractivity contribution in [3.8, 4) is 0 Å². The number of nitrogens with zero attached hydrogens (tertiary/aromatic N) is 2. The summed E-state index contributed by atoms with van der Waals surface area (Å²) in [6.45, 7) is -0.371. The fourth-order valence-electron chi connectivity index (χ4n) is 1.64. The van der Waals surface area contributed by atoms with Crippen LogP contribution in [-0.2, 0) is 4.74 Å². The smallest absolute Gasteiger partial charge is 0.292 e. The van der Waals surface area contributed by atoms with Crippen molar-refractivity contribution >= 4 is 23.2 Å². The lowest BCUT2D eigenvalue weighted by molar-refractivity contribution is -0.326. The van der Waals surface area contributed by atoms with Gasteiger partial charge in [0.05, 0.1) is 6.61 Å². The van der Waals surface area contributed by atoms with E-state index >= 15 is 0 Å². The van der Waals surface area contributed by atoms with Crippen LogP contribution in [0.1, 0.15) is 17.9 Å². The van der Waals surface area contributed by atoms with Gasteiger partial charge in [0, 0.05) is 0 Å². The van der Waals surface area contributed by atoms with Gasteiger partial charge >= 0.3 is 6.36 Å². The highest BCUT2D eigenvalue weighted by Gasteiger charge is 2.43. The van der Waals surface area contributed by atoms with Gasteiger partial charge in [-0.3, -0.25) is 4.74 Å². The zero-order valence-corrected chi connectivity index (χ0v) is 9.85. The van der Waals surface area contributed by atoms with Gasteiger partial charge in [0.15, 0.2) is 10.3 Å². The number of rotatable bonds is 3. The van der Waals surface area contributed by atoms with E-state index in [9.17, 15) is 13.2 Å². The molecule has 0 aliphatic heterocycles. The molecule has 1 fully saturated rings. The second kappa shape index (κ2) is 4.59. The van der Waals surface area contributed by atoms with Crippen molar-refractivity contribution in [2.45, 2.75) is 18.7 Å². The number of hydrogen-bond donors (Lipinski definition) is 0. The maximum absolute atomic E-state index is 11.8. The Labute approximate surface area is 105 Å². The van der Waals surface area contributed by atoms with Crippen molar-refractivity contribution in [3.63, 3.8) is 0 Å². The van der Waals surface area contributed by atoms with E-state index in [2.05, 4.69) is 14.9 Å². The molecule has 0 radical (unpaired) electrons. The summed E-state index contributed by atoms with van der Waals surface area (Å²) in [7, 11) is 0. The predicted molar refractivity (Wildman–Crippen MR) is 54.9 cm³/mol. The summed E-state index contributed by atoms with van der Waals surface area (Å²) < 4.78 is 39.2. The molecule has 0 unspecified atom stereocenters. The van der Waals surface area contributed by atoms with E-state index in [4.69, 9.17) is 23.2 Å². The second-order valence-electron chi connectivity index (χ2n) is 3.77. The number of ether oxygens (including phenoxy) is 1. The minimum Gasteiger partial charge on any atom is -0.292 e. The Hall–Kier alpha value is -0.590. The van der Waals surface area contributed by atoms with Gasteiger partial charge in [0.25, 0.3) is 0 Å². The molecule has 1 aliphatic carbocycles. The van der Waals surface area contributed by atoms with Crippen LogP contribution in [0.5, 0.6) is 0 Å². The Bertz CT molecular complexity index is 427. The SMILES string of the molecule is FC(F)(F)OC[C@@H]1C[C@H]1c1cc(Cl)nnc1Cl. The van der Waals surface area contributed by atoms with Gasteiger partial charge < -0.3 is 0 Å². The zero-order valence-electron chi connectivity index (χ0n) is 8.34. The van der Waals surface area contributed by atoms with Gasteiger partial charge in [-0.25, -0.2) is 0 Å². The van der Waals surface area contributed by atoms with Crippen LogP contribution < -0.4 is 0 Å². The number of hydrogen-bond acceptors (Lipinski definition) is 3. The Kier molecular flexibility index (Phi) is 3.47. The average Bonchev–Trinajstić information content (AvgIpc) is 2.97. The van der Waals surface area contributed by atoms with Crippen molar-refractivity contribution < 1.29 is 17.9 Å². The van der Waals surface area contributed by atoms with Crippen molar-refractivity contribution in [2.75, 3.05) is 6.61 Å². The molecule has 2 rings (SSSR count). The fourth-order valence-corrected chi connectivity index (χ4v) is 2.03. The monoisotopic (exact) mass is 286 g/mol. The van der Waals surface area contributed by atoms with E-state index in [0.29, 0.717) is 12.0 Å². The van der Waals surface area contributed by atoms with Gasteiger partial charge in [-0.2, -0.15) is 0 Å². The number of aromatic nitrogens is 2. The lowest BCUT2D eigenvalue weighted by atomic mass is 10.2. The fraction of sp³-hybridized carbons (Fsp3) is 0.556. The molecule has 1 heterocycles. The molecule has 1 aromatic heterocycles. The number of halogens is 5. The molecule has 1 saturated carbocycles. The maximum atomic E-state index is 11.8. The van der Waals surface area contributed by atoms with Gasteiger partial charge in [0.2, 0.25) is 0 Å². The standard InChI is InChI=1S/C9H7Cl2F3N2O/c10-7-2-6(8(11)16-15-7)5-1-4(5)3-17-9(12,13)14/h2,4-5H,1,3H2/t4-,5+/m0/s1. The Balaban J connectivity index is 1.96. The summed E-state index contributed by atoms with van der Waals surface area (Å²) in [5.41, 5.74) is 0.627. The van der Waals surface area contributed by atoms with Gasteiger partial charge in [-0.15, -0.1) is 23.4 Å². The Morgan fingerprint density at radius 3 is 2.71 bits per heavy atom. The number of alkyl halides is 3. The topological polar surface area (TPSA) is 35.0 Å². The molecule has 0 spiro atoms. The van der Waals surface area contributed by atoms with Crippen LogP contribution in [0.2, 0.25) is 10.3 Å². The molecule has 1 aliphatic rings. The van der Waals surface area contributed by atoms with Gasteiger partial charge in [-0.05, 0) is 29.9 Å². The maximum Gasteiger partial charge on any atom is 0.522 e. The minimum atomic E-state index is -4.59. The van der Waals surface area contributed by atoms with Crippen molar-refractivity contribution in [1.82, 2.24) is 10.2 Å². The third-order valence-electron chi connectivity index (χ3n) is 2.53. The molecule has 0 bridgehead atoms. The highest BCUT2D eigenvalue weighted by Crippen LogP contribution is 2.50. The zero-order chi connectivity index (χ0) is 12.6. The van der Waals surface area contributed by atoms with E-state index in [-0.39, 0.29) is 28.7 Å². The molecule has 0 aromatic carbocycles. The van der Waals surface area contributed by atoms with E-state index < -0.39 is 6.36 Å². The second-order valence-corrected chi connectivity index (χ2v) is 4.52. The quantitative estimate of drug-likeness (QED) is 0.854. The summed E-state index contributed by atoms with van der Waals surface area (Å²) in [4.78, 5) is 0. The van der Waals surface area contributed by atoms with Crippen LogP contribution >= 0.6 is 23.2 Å². The first-order valence-corrected chi connectivity index (χ1v) is 5.51. The molecule has 0 N–H and O–H groups in total. The van der Waals surface area contributed by atoms with Crippen LogP contribution in [0.25, 0.3) is 0 Å². The molecule has 0 saturated heterocycles. The molecule has 3 nitrogen and oxygen atoms in total. The lowest BCUT2D eigenvalue weighted by Crippen LogP contribution is -2.15. The summed E-state index contributed by atoms with van der Waals surface area (Å²) in [6.07, 6.45) is -4.01. The first kappa shape index (κ1) is 12.9. The third kappa shape index (κ3) is 3.43. The van der Waals surface area contributed by atoms with Crippen molar-refractivity contribution in [3.05, 3.63) is 21.9 Å². The Morgan fingerprint density at radius 1 is 1.35 bits per heavy atom. The van der Waals surface area contributed by atoms with E-state index in [0.717, 1.165) is 0 Å².